The number of anilines is 3. The number of nitro benzene ring substituents is 1. The molecular weight excluding hydrogens is 458 g/mol. The van der Waals surface area contributed by atoms with E-state index in [0.29, 0.717) is 37.1 Å². The Balaban J connectivity index is 1.52. The van der Waals surface area contributed by atoms with E-state index in [1.54, 1.807) is 12.3 Å². The molecule has 10 nitrogen and oxygen atoms in total. The highest BCUT2D eigenvalue weighted by Crippen LogP contribution is 2.37. The molecule has 5 rings (SSSR count). The van der Waals surface area contributed by atoms with Gasteiger partial charge in [0, 0.05) is 55.4 Å². The zero-order chi connectivity index (χ0) is 25.2. The summed E-state index contributed by atoms with van der Waals surface area (Å²) >= 11 is 0. The van der Waals surface area contributed by atoms with Crippen LogP contribution in [0.5, 0.6) is 0 Å². The molecule has 3 heterocycles. The average molecular weight is 488 g/mol. The molecule has 2 aromatic carbocycles. The fourth-order valence-electron chi connectivity index (χ4n) is 4.72. The van der Waals surface area contributed by atoms with Crippen LogP contribution in [0.1, 0.15) is 11.3 Å². The number of rotatable bonds is 8. The topological polar surface area (TPSA) is 110 Å². The molecule has 0 bridgehead atoms. The summed E-state index contributed by atoms with van der Waals surface area (Å²) in [6.07, 6.45) is 1.71. The van der Waals surface area contributed by atoms with E-state index >= 15 is 0 Å². The summed E-state index contributed by atoms with van der Waals surface area (Å²) in [7, 11) is 3.71. The highest BCUT2D eigenvalue weighted by Gasteiger charge is 2.23. The van der Waals surface area contributed by atoms with Crippen molar-refractivity contribution in [1.29, 1.82) is 0 Å². The summed E-state index contributed by atoms with van der Waals surface area (Å²) in [4.78, 5) is 22.6. The number of fused-ring (bicyclic) bond motifs is 3. The summed E-state index contributed by atoms with van der Waals surface area (Å²) in [5.41, 5.74) is 6.11. The quantitative estimate of drug-likeness (QED) is 0.280. The van der Waals surface area contributed by atoms with Crippen molar-refractivity contribution in [3.05, 3.63) is 70.0 Å². The van der Waals surface area contributed by atoms with E-state index in [1.165, 1.54) is 0 Å². The highest BCUT2D eigenvalue weighted by atomic mass is 16.6. The van der Waals surface area contributed by atoms with Gasteiger partial charge in [-0.05, 0) is 37.7 Å². The van der Waals surface area contributed by atoms with E-state index in [2.05, 4.69) is 32.3 Å². The van der Waals surface area contributed by atoms with Gasteiger partial charge in [0.15, 0.2) is 0 Å². The van der Waals surface area contributed by atoms with Gasteiger partial charge in [-0.1, -0.05) is 18.2 Å². The van der Waals surface area contributed by atoms with Gasteiger partial charge in [0.05, 0.1) is 35.2 Å². The summed E-state index contributed by atoms with van der Waals surface area (Å²) in [6.45, 7) is 5.28. The molecule has 10 heteroatoms. The van der Waals surface area contributed by atoms with Crippen LogP contribution in [0.4, 0.5) is 23.0 Å². The van der Waals surface area contributed by atoms with Crippen molar-refractivity contribution in [2.75, 3.05) is 44.0 Å². The van der Waals surface area contributed by atoms with Crippen LogP contribution in [0.25, 0.3) is 22.2 Å². The van der Waals surface area contributed by atoms with Crippen molar-refractivity contribution in [2.24, 2.45) is 0 Å². The first-order valence-corrected chi connectivity index (χ1v) is 11.9. The zero-order valence-electron chi connectivity index (χ0n) is 20.6. The maximum absolute atomic E-state index is 11.9. The normalized spacial score (nSPS) is 13.0. The summed E-state index contributed by atoms with van der Waals surface area (Å²) in [5.74, 6) is 0.377. The van der Waals surface area contributed by atoms with E-state index in [0.717, 1.165) is 46.5 Å². The van der Waals surface area contributed by atoms with Gasteiger partial charge in [0.2, 0.25) is 5.95 Å². The standard InChI is InChI=1S/C26H29N7O3/c1-17-14-22(31(3)11-10-27-2)23(33(34)35)15-20(17)30-26-28-9-8-19(29-26)25-18-6-4-5-7-21(18)32-12-13-36-16-24(25)32/h4-9,14-15,27H,10-13,16H2,1-3H3,(H,28,29,30). The van der Waals surface area contributed by atoms with Crippen LogP contribution in [0.15, 0.2) is 48.7 Å². The lowest BCUT2D eigenvalue weighted by Crippen LogP contribution is -2.27. The fourth-order valence-corrected chi connectivity index (χ4v) is 4.72. The monoisotopic (exact) mass is 487 g/mol. The minimum atomic E-state index is -0.354. The number of nitrogens with one attached hydrogen (secondary N) is 2. The lowest BCUT2D eigenvalue weighted by Gasteiger charge is -2.20. The summed E-state index contributed by atoms with van der Waals surface area (Å²) in [6, 6.07) is 13.5. The van der Waals surface area contributed by atoms with Gasteiger partial charge >= 0.3 is 0 Å². The molecule has 0 saturated carbocycles. The molecule has 0 radical (unpaired) electrons. The largest absolute Gasteiger partial charge is 0.373 e. The number of aromatic nitrogens is 3. The Morgan fingerprint density at radius 1 is 1.25 bits per heavy atom. The molecule has 0 saturated heterocycles. The Morgan fingerprint density at radius 3 is 2.89 bits per heavy atom. The van der Waals surface area contributed by atoms with Gasteiger partial charge in [-0.2, -0.15) is 0 Å². The first-order valence-electron chi connectivity index (χ1n) is 11.9. The van der Waals surface area contributed by atoms with Crippen molar-refractivity contribution in [1.82, 2.24) is 19.9 Å². The molecule has 4 aromatic rings. The average Bonchev–Trinajstić information content (AvgIpc) is 3.23. The minimum absolute atomic E-state index is 0.0301. The molecule has 2 aromatic heterocycles. The van der Waals surface area contributed by atoms with Gasteiger partial charge in [-0.15, -0.1) is 0 Å². The van der Waals surface area contributed by atoms with E-state index < -0.39 is 0 Å². The molecule has 0 spiro atoms. The predicted molar refractivity (Wildman–Crippen MR) is 141 cm³/mol. The number of likely N-dealkylation sites (N-methyl/N-ethyl adjacent to an activating group) is 2. The third-order valence-corrected chi connectivity index (χ3v) is 6.56. The van der Waals surface area contributed by atoms with Crippen LogP contribution < -0.4 is 15.5 Å². The molecule has 0 fully saturated rings. The van der Waals surface area contributed by atoms with Gasteiger partial charge in [0.1, 0.15) is 5.69 Å². The third-order valence-electron chi connectivity index (χ3n) is 6.56. The second kappa shape index (κ2) is 9.92. The lowest BCUT2D eigenvalue weighted by atomic mass is 10.1. The van der Waals surface area contributed by atoms with Crippen LogP contribution >= 0.6 is 0 Å². The van der Waals surface area contributed by atoms with Crippen molar-refractivity contribution in [3.8, 4) is 11.3 Å². The van der Waals surface area contributed by atoms with Gasteiger partial charge < -0.3 is 24.8 Å². The molecule has 0 atom stereocenters. The van der Waals surface area contributed by atoms with Crippen LogP contribution in [0.2, 0.25) is 0 Å². The molecule has 186 valence electrons. The van der Waals surface area contributed by atoms with Crippen LogP contribution in [-0.2, 0) is 17.9 Å². The zero-order valence-corrected chi connectivity index (χ0v) is 20.6. The lowest BCUT2D eigenvalue weighted by molar-refractivity contribution is -0.384. The summed E-state index contributed by atoms with van der Waals surface area (Å²) in [5, 5.41) is 19.3. The summed E-state index contributed by atoms with van der Waals surface area (Å²) < 4.78 is 8.06. The SMILES string of the molecule is CNCCN(C)c1cc(C)c(Nc2nccc(-c3c4n(c5ccccc35)CCOC4)n2)cc1[N+](=O)[O-]. The van der Waals surface area contributed by atoms with E-state index in [9.17, 15) is 10.1 Å². The van der Waals surface area contributed by atoms with Crippen LogP contribution in [0.3, 0.4) is 0 Å². The molecule has 0 amide bonds. The van der Waals surface area contributed by atoms with Crippen molar-refractivity contribution in [2.45, 2.75) is 20.1 Å². The predicted octanol–water partition coefficient (Wildman–Crippen LogP) is 4.24. The van der Waals surface area contributed by atoms with E-state index in [1.807, 2.05) is 50.2 Å². The molecule has 1 aliphatic heterocycles. The Labute approximate surface area is 209 Å². The third kappa shape index (κ3) is 4.36. The second-order valence-electron chi connectivity index (χ2n) is 8.87. The molecule has 0 unspecified atom stereocenters. The number of hydrogen-bond acceptors (Lipinski definition) is 8. The number of aryl methyl sites for hydroxylation is 1. The molecular formula is C26H29N7O3. The maximum atomic E-state index is 11.9. The van der Waals surface area contributed by atoms with E-state index in [4.69, 9.17) is 9.72 Å². The van der Waals surface area contributed by atoms with E-state index in [-0.39, 0.29) is 10.6 Å². The Kier molecular flexibility index (Phi) is 6.53. The minimum Gasteiger partial charge on any atom is -0.373 e. The molecule has 2 N–H and O–H groups in total. The Hall–Kier alpha value is -4.02. The highest BCUT2D eigenvalue weighted by molar-refractivity contribution is 5.97. The Bertz CT molecular complexity index is 1430. The molecule has 1 aliphatic rings. The van der Waals surface area contributed by atoms with Gasteiger partial charge in [-0.25, -0.2) is 9.97 Å². The molecule has 36 heavy (non-hydrogen) atoms. The number of benzene rings is 2. The number of hydrogen-bond donors (Lipinski definition) is 2. The maximum Gasteiger partial charge on any atom is 0.294 e. The first-order chi connectivity index (χ1) is 17.5. The number of nitrogens with zero attached hydrogens (tertiary/aromatic N) is 5. The van der Waals surface area contributed by atoms with Crippen LogP contribution in [0, 0.1) is 17.0 Å². The number of nitro groups is 1. The second-order valence-corrected chi connectivity index (χ2v) is 8.87. The number of para-hydroxylation sites is 1. The first kappa shape index (κ1) is 23.7. The Morgan fingerprint density at radius 2 is 2.08 bits per heavy atom. The van der Waals surface area contributed by atoms with Crippen molar-refractivity contribution >= 4 is 33.9 Å². The van der Waals surface area contributed by atoms with Crippen molar-refractivity contribution in [3.63, 3.8) is 0 Å². The van der Waals surface area contributed by atoms with Crippen LogP contribution in [-0.4, -0.2) is 53.3 Å². The smallest absolute Gasteiger partial charge is 0.294 e. The van der Waals surface area contributed by atoms with Crippen molar-refractivity contribution < 1.29 is 9.66 Å². The number of ether oxygens (including phenoxy) is 1. The molecule has 0 aliphatic carbocycles. The van der Waals surface area contributed by atoms with Gasteiger partial charge in [-0.3, -0.25) is 10.1 Å². The van der Waals surface area contributed by atoms with Gasteiger partial charge in [0.25, 0.3) is 5.69 Å². The fraction of sp³-hybridized carbons (Fsp3) is 0.308.